The standard InChI is InChI=1S/C22H14FN5O4/c23-15-4-1-13(2-5-15)16-10-17-22(29)27(7-8-28(17)25-16)11-20-24-21(26-32-20)14-3-6-18-19(9-14)31-12-30-18/h1-10H,11-12H2. The third-order valence-corrected chi connectivity index (χ3v) is 5.15. The molecule has 3 aromatic heterocycles. The van der Waals surface area contributed by atoms with Crippen LogP contribution < -0.4 is 15.0 Å². The summed E-state index contributed by atoms with van der Waals surface area (Å²) in [6.07, 6.45) is 3.26. The predicted molar refractivity (Wildman–Crippen MR) is 110 cm³/mol. The van der Waals surface area contributed by atoms with Crippen LogP contribution in [0, 0.1) is 5.82 Å². The van der Waals surface area contributed by atoms with Crippen molar-refractivity contribution in [1.82, 2.24) is 24.3 Å². The van der Waals surface area contributed by atoms with Gasteiger partial charge in [0.05, 0.1) is 5.69 Å². The number of nitrogens with zero attached hydrogens (tertiary/aromatic N) is 5. The van der Waals surface area contributed by atoms with Crippen molar-refractivity contribution in [2.45, 2.75) is 6.54 Å². The summed E-state index contributed by atoms with van der Waals surface area (Å²) in [6.45, 7) is 0.281. The lowest BCUT2D eigenvalue weighted by atomic mass is 10.1. The molecule has 0 fully saturated rings. The van der Waals surface area contributed by atoms with Crippen LogP contribution in [0.25, 0.3) is 28.2 Å². The molecule has 0 aliphatic carbocycles. The fourth-order valence-electron chi connectivity index (χ4n) is 3.53. The second-order valence-electron chi connectivity index (χ2n) is 7.18. The van der Waals surface area contributed by atoms with E-state index in [4.69, 9.17) is 14.0 Å². The first-order valence-electron chi connectivity index (χ1n) is 9.71. The number of ether oxygens (including phenoxy) is 2. The van der Waals surface area contributed by atoms with Crippen LogP contribution in [0.1, 0.15) is 5.89 Å². The molecule has 0 saturated heterocycles. The van der Waals surface area contributed by atoms with Crippen molar-refractivity contribution in [3.8, 4) is 34.1 Å². The summed E-state index contributed by atoms with van der Waals surface area (Å²) in [7, 11) is 0. The summed E-state index contributed by atoms with van der Waals surface area (Å²) in [4.78, 5) is 17.3. The van der Waals surface area contributed by atoms with Gasteiger partial charge >= 0.3 is 0 Å². The molecule has 0 bridgehead atoms. The minimum absolute atomic E-state index is 0.101. The van der Waals surface area contributed by atoms with Gasteiger partial charge in [-0.2, -0.15) is 10.1 Å². The number of rotatable bonds is 4. The van der Waals surface area contributed by atoms with Gasteiger partial charge in [-0.3, -0.25) is 4.79 Å². The third-order valence-electron chi connectivity index (χ3n) is 5.15. The van der Waals surface area contributed by atoms with E-state index in [1.165, 1.54) is 21.2 Å². The van der Waals surface area contributed by atoms with Crippen molar-refractivity contribution >= 4 is 5.52 Å². The normalized spacial score (nSPS) is 12.5. The molecule has 9 nitrogen and oxygen atoms in total. The van der Waals surface area contributed by atoms with Crippen molar-refractivity contribution in [3.05, 3.63) is 83.0 Å². The van der Waals surface area contributed by atoms with Gasteiger partial charge in [0.1, 0.15) is 17.9 Å². The number of aromatic nitrogens is 5. The second kappa shape index (κ2) is 7.05. The van der Waals surface area contributed by atoms with Crippen molar-refractivity contribution in [1.29, 1.82) is 0 Å². The van der Waals surface area contributed by atoms with Gasteiger partial charge in [0.25, 0.3) is 5.56 Å². The van der Waals surface area contributed by atoms with Gasteiger partial charge in [-0.15, -0.1) is 0 Å². The van der Waals surface area contributed by atoms with Gasteiger partial charge < -0.3 is 18.6 Å². The quantitative estimate of drug-likeness (QED) is 0.431. The number of halogens is 1. The maximum atomic E-state index is 13.2. The van der Waals surface area contributed by atoms with Crippen molar-refractivity contribution in [2.24, 2.45) is 0 Å². The Morgan fingerprint density at radius 2 is 1.78 bits per heavy atom. The molecule has 158 valence electrons. The van der Waals surface area contributed by atoms with E-state index >= 15 is 0 Å². The van der Waals surface area contributed by atoms with Crippen LogP contribution >= 0.6 is 0 Å². The summed E-state index contributed by atoms with van der Waals surface area (Å²) < 4.78 is 32.2. The molecule has 0 atom stereocenters. The first kappa shape index (κ1) is 18.3. The zero-order valence-electron chi connectivity index (χ0n) is 16.4. The lowest BCUT2D eigenvalue weighted by molar-refractivity contribution is 0.174. The Balaban J connectivity index is 1.29. The predicted octanol–water partition coefficient (Wildman–Crippen LogP) is 3.13. The summed E-state index contributed by atoms with van der Waals surface area (Å²) in [6, 6.07) is 13.0. The molecule has 10 heteroatoms. The Morgan fingerprint density at radius 3 is 2.66 bits per heavy atom. The van der Waals surface area contributed by atoms with Gasteiger partial charge in [0, 0.05) is 23.5 Å². The second-order valence-corrected chi connectivity index (χ2v) is 7.18. The van der Waals surface area contributed by atoms with E-state index < -0.39 is 0 Å². The van der Waals surface area contributed by atoms with Crippen LogP contribution in [-0.2, 0) is 6.54 Å². The SMILES string of the molecule is O=c1c2cc(-c3ccc(F)cc3)nn2ccn1Cc1nc(-c2ccc3c(c2)OCO3)no1. The fourth-order valence-corrected chi connectivity index (χ4v) is 3.53. The Kier molecular flexibility index (Phi) is 4.03. The van der Waals surface area contributed by atoms with Crippen LogP contribution in [0.15, 0.2) is 70.2 Å². The maximum Gasteiger partial charge on any atom is 0.277 e. The molecule has 2 aromatic carbocycles. The van der Waals surface area contributed by atoms with Crippen molar-refractivity contribution in [2.75, 3.05) is 6.79 Å². The fraction of sp³-hybridized carbons (Fsp3) is 0.0909. The van der Waals surface area contributed by atoms with E-state index in [0.717, 1.165) is 0 Å². The number of benzene rings is 2. The van der Waals surface area contributed by atoms with Gasteiger partial charge in [-0.25, -0.2) is 8.91 Å². The smallest absolute Gasteiger partial charge is 0.277 e. The number of fused-ring (bicyclic) bond motifs is 2. The largest absolute Gasteiger partial charge is 0.454 e. The summed E-state index contributed by atoms with van der Waals surface area (Å²) in [5.74, 6) is 1.61. The molecule has 1 aliphatic rings. The molecular formula is C22H14FN5O4. The molecule has 32 heavy (non-hydrogen) atoms. The Bertz CT molecular complexity index is 1520. The molecule has 0 amide bonds. The van der Waals surface area contributed by atoms with Crippen LogP contribution in [0.2, 0.25) is 0 Å². The van der Waals surface area contributed by atoms with E-state index in [2.05, 4.69) is 15.2 Å². The lowest BCUT2D eigenvalue weighted by Gasteiger charge is -2.02. The zero-order valence-corrected chi connectivity index (χ0v) is 16.4. The van der Waals surface area contributed by atoms with E-state index in [1.807, 2.05) is 6.07 Å². The average molecular weight is 431 g/mol. The number of hydrogen-bond donors (Lipinski definition) is 0. The molecule has 0 spiro atoms. The molecule has 4 heterocycles. The molecule has 1 aliphatic heterocycles. The van der Waals surface area contributed by atoms with Crippen molar-refractivity contribution in [3.63, 3.8) is 0 Å². The molecule has 0 N–H and O–H groups in total. The molecule has 6 rings (SSSR count). The number of hydrogen-bond acceptors (Lipinski definition) is 7. The zero-order chi connectivity index (χ0) is 21.7. The first-order valence-corrected chi connectivity index (χ1v) is 9.71. The molecule has 0 saturated carbocycles. The summed E-state index contributed by atoms with van der Waals surface area (Å²) >= 11 is 0. The first-order chi connectivity index (χ1) is 15.6. The Hall–Kier alpha value is -4.47. The van der Waals surface area contributed by atoms with Gasteiger partial charge in [0.2, 0.25) is 18.5 Å². The lowest BCUT2D eigenvalue weighted by Crippen LogP contribution is -2.21. The third kappa shape index (κ3) is 3.09. The van der Waals surface area contributed by atoms with Crippen LogP contribution in [-0.4, -0.2) is 31.1 Å². The van der Waals surface area contributed by atoms with Crippen molar-refractivity contribution < 1.29 is 18.4 Å². The Labute approximate surface area is 179 Å². The highest BCUT2D eigenvalue weighted by Crippen LogP contribution is 2.35. The van der Waals surface area contributed by atoms with E-state index in [1.54, 1.807) is 42.7 Å². The van der Waals surface area contributed by atoms with Crippen LogP contribution in [0.4, 0.5) is 4.39 Å². The van der Waals surface area contributed by atoms with Gasteiger partial charge in [-0.1, -0.05) is 5.16 Å². The highest BCUT2D eigenvalue weighted by molar-refractivity contribution is 5.65. The van der Waals surface area contributed by atoms with Gasteiger partial charge in [-0.05, 0) is 48.5 Å². The minimum Gasteiger partial charge on any atom is -0.454 e. The highest BCUT2D eigenvalue weighted by Gasteiger charge is 2.17. The minimum atomic E-state index is -0.334. The van der Waals surface area contributed by atoms with E-state index in [9.17, 15) is 9.18 Å². The van der Waals surface area contributed by atoms with Gasteiger partial charge in [0.15, 0.2) is 11.5 Å². The monoisotopic (exact) mass is 431 g/mol. The molecule has 0 unspecified atom stereocenters. The summed E-state index contributed by atoms with van der Waals surface area (Å²) in [5.41, 5.74) is 2.11. The Morgan fingerprint density at radius 1 is 0.969 bits per heavy atom. The summed E-state index contributed by atoms with van der Waals surface area (Å²) in [5, 5.41) is 8.41. The molecule has 5 aromatic rings. The molecule has 0 radical (unpaired) electrons. The van der Waals surface area contributed by atoms with E-state index in [-0.39, 0.29) is 30.6 Å². The molecular weight excluding hydrogens is 417 g/mol. The maximum absolute atomic E-state index is 13.2. The highest BCUT2D eigenvalue weighted by atomic mass is 19.1. The van der Waals surface area contributed by atoms with E-state index in [0.29, 0.717) is 39.7 Å². The topological polar surface area (TPSA) is 96.7 Å². The van der Waals surface area contributed by atoms with Crippen LogP contribution in [0.5, 0.6) is 11.5 Å². The van der Waals surface area contributed by atoms with Crippen LogP contribution in [0.3, 0.4) is 0 Å². The average Bonchev–Trinajstić information content (AvgIpc) is 3.55.